The maximum absolute atomic E-state index is 9.14. The molecule has 0 amide bonds. The summed E-state index contributed by atoms with van der Waals surface area (Å²) in [6.07, 6.45) is 0.524. The van der Waals surface area contributed by atoms with Gasteiger partial charge in [0.05, 0.1) is 17.7 Å². The Hall–Kier alpha value is -2.43. The third kappa shape index (κ3) is 4.28. The highest BCUT2D eigenvalue weighted by molar-refractivity contribution is 8.00. The Morgan fingerprint density at radius 2 is 1.82 bits per heavy atom. The molecule has 1 N–H and O–H groups in total. The lowest BCUT2D eigenvalue weighted by Crippen LogP contribution is -2.03. The summed E-state index contributed by atoms with van der Waals surface area (Å²) in [6.45, 7) is 2.66. The first-order chi connectivity index (χ1) is 10.7. The van der Waals surface area contributed by atoms with Crippen LogP contribution in [0.2, 0.25) is 0 Å². The molecule has 0 heterocycles. The molecule has 0 unspecified atom stereocenters. The van der Waals surface area contributed by atoms with Gasteiger partial charge in [0, 0.05) is 28.8 Å². The van der Waals surface area contributed by atoms with Crippen LogP contribution in [0.4, 0.5) is 5.69 Å². The highest BCUT2D eigenvalue weighted by Gasteiger charge is 2.08. The van der Waals surface area contributed by atoms with Gasteiger partial charge in [0.2, 0.25) is 0 Å². The molecule has 0 saturated heterocycles. The lowest BCUT2D eigenvalue weighted by Gasteiger charge is -2.14. The summed E-state index contributed by atoms with van der Waals surface area (Å²) in [7, 11) is 0. The van der Waals surface area contributed by atoms with Crippen LogP contribution in [0, 0.1) is 22.7 Å². The van der Waals surface area contributed by atoms with Gasteiger partial charge in [-0.1, -0.05) is 37.3 Å². The van der Waals surface area contributed by atoms with Crippen LogP contribution in [0.5, 0.6) is 0 Å². The Kier molecular flexibility index (Phi) is 5.89. The third-order valence-corrected chi connectivity index (χ3v) is 4.38. The molecule has 2 rings (SSSR count). The summed E-state index contributed by atoms with van der Waals surface area (Å²) < 4.78 is 0. The quantitative estimate of drug-likeness (QED) is 0.794. The van der Waals surface area contributed by atoms with Gasteiger partial charge in [-0.25, -0.2) is 0 Å². The van der Waals surface area contributed by atoms with Crippen molar-refractivity contribution in [1.82, 2.24) is 0 Å². The molecule has 1 atom stereocenters. The lowest BCUT2D eigenvalue weighted by molar-refractivity contribution is 0.988. The van der Waals surface area contributed by atoms with Crippen molar-refractivity contribution in [2.45, 2.75) is 30.0 Å². The number of para-hydroxylation sites is 1. The lowest BCUT2D eigenvalue weighted by atomic mass is 10.1. The van der Waals surface area contributed by atoms with Crippen molar-refractivity contribution in [3.05, 3.63) is 59.7 Å². The number of benzene rings is 2. The van der Waals surface area contributed by atoms with Crippen molar-refractivity contribution in [3.63, 3.8) is 0 Å². The molecule has 0 aromatic heterocycles. The zero-order chi connectivity index (χ0) is 15.8. The van der Waals surface area contributed by atoms with Crippen LogP contribution in [-0.2, 0) is 6.54 Å². The number of anilines is 1. The molecular formula is C18H17N3S. The minimum atomic E-state index is 0.249. The molecule has 2 aromatic rings. The van der Waals surface area contributed by atoms with Gasteiger partial charge in [-0.15, -0.1) is 11.8 Å². The molecule has 0 fully saturated rings. The molecule has 22 heavy (non-hydrogen) atoms. The average Bonchev–Trinajstić information content (AvgIpc) is 2.54. The van der Waals surface area contributed by atoms with E-state index in [1.54, 1.807) is 11.8 Å². The molecule has 0 aliphatic heterocycles. The van der Waals surface area contributed by atoms with Gasteiger partial charge < -0.3 is 5.32 Å². The largest absolute Gasteiger partial charge is 0.380 e. The molecular weight excluding hydrogens is 290 g/mol. The zero-order valence-corrected chi connectivity index (χ0v) is 13.2. The normalized spacial score (nSPS) is 11.2. The monoisotopic (exact) mass is 307 g/mol. The van der Waals surface area contributed by atoms with Crippen LogP contribution in [0.3, 0.4) is 0 Å². The van der Waals surface area contributed by atoms with Gasteiger partial charge in [-0.2, -0.15) is 10.5 Å². The standard InChI is InChI=1S/C18H17N3S/c1-14(10-11-19)22-18-9-5-4-8-17(18)21-13-16-7-3-2-6-15(16)12-20/h2-9,14,21H,10,13H2,1H3/t14-/m1/s1. The molecule has 0 aliphatic carbocycles. The number of nitriles is 2. The van der Waals surface area contributed by atoms with Crippen molar-refractivity contribution in [3.8, 4) is 12.1 Å². The molecule has 4 heteroatoms. The van der Waals surface area contributed by atoms with Crippen LogP contribution in [0.25, 0.3) is 0 Å². The summed E-state index contributed by atoms with van der Waals surface area (Å²) in [5.74, 6) is 0. The highest BCUT2D eigenvalue weighted by Crippen LogP contribution is 2.31. The Balaban J connectivity index is 2.10. The van der Waals surface area contributed by atoms with E-state index in [-0.39, 0.29) is 5.25 Å². The predicted molar refractivity (Wildman–Crippen MR) is 90.5 cm³/mol. The van der Waals surface area contributed by atoms with E-state index in [0.29, 0.717) is 18.5 Å². The second kappa shape index (κ2) is 8.12. The predicted octanol–water partition coefficient (Wildman–Crippen LogP) is 4.56. The second-order valence-electron chi connectivity index (χ2n) is 4.91. The molecule has 0 saturated carbocycles. The maximum atomic E-state index is 9.14. The smallest absolute Gasteiger partial charge is 0.0995 e. The summed E-state index contributed by atoms with van der Waals surface area (Å²) in [5, 5.41) is 21.6. The molecule has 0 radical (unpaired) electrons. The maximum Gasteiger partial charge on any atom is 0.0995 e. The van der Waals surface area contributed by atoms with Crippen molar-refractivity contribution < 1.29 is 0 Å². The summed E-state index contributed by atoms with van der Waals surface area (Å²) in [4.78, 5) is 1.12. The zero-order valence-electron chi connectivity index (χ0n) is 12.4. The first kappa shape index (κ1) is 15.9. The van der Waals surface area contributed by atoms with E-state index >= 15 is 0 Å². The highest BCUT2D eigenvalue weighted by atomic mass is 32.2. The Morgan fingerprint density at radius 3 is 2.59 bits per heavy atom. The van der Waals surface area contributed by atoms with Crippen LogP contribution in [0.15, 0.2) is 53.4 Å². The van der Waals surface area contributed by atoms with Crippen LogP contribution in [0.1, 0.15) is 24.5 Å². The van der Waals surface area contributed by atoms with Gasteiger partial charge >= 0.3 is 0 Å². The number of hydrogen-bond acceptors (Lipinski definition) is 4. The number of rotatable bonds is 6. The second-order valence-corrected chi connectivity index (χ2v) is 6.39. The van der Waals surface area contributed by atoms with E-state index in [2.05, 4.69) is 30.4 Å². The fourth-order valence-electron chi connectivity index (χ4n) is 2.08. The topological polar surface area (TPSA) is 59.6 Å². The van der Waals surface area contributed by atoms with Crippen molar-refractivity contribution in [2.24, 2.45) is 0 Å². The minimum absolute atomic E-state index is 0.249. The van der Waals surface area contributed by atoms with Crippen LogP contribution < -0.4 is 5.32 Å². The van der Waals surface area contributed by atoms with E-state index in [1.807, 2.05) is 42.5 Å². The van der Waals surface area contributed by atoms with E-state index in [1.165, 1.54) is 0 Å². The fourth-order valence-corrected chi connectivity index (χ4v) is 3.09. The number of nitrogens with one attached hydrogen (secondary N) is 1. The molecule has 0 aliphatic rings. The Labute approximate surface area is 135 Å². The third-order valence-electron chi connectivity index (χ3n) is 3.20. The molecule has 0 bridgehead atoms. The van der Waals surface area contributed by atoms with E-state index < -0.39 is 0 Å². The van der Waals surface area contributed by atoms with Gasteiger partial charge in [0.1, 0.15) is 0 Å². The number of thioether (sulfide) groups is 1. The Morgan fingerprint density at radius 1 is 1.09 bits per heavy atom. The van der Waals surface area contributed by atoms with Gasteiger partial charge in [-0.05, 0) is 23.8 Å². The first-order valence-electron chi connectivity index (χ1n) is 7.09. The minimum Gasteiger partial charge on any atom is -0.380 e. The van der Waals surface area contributed by atoms with Gasteiger partial charge in [0.15, 0.2) is 0 Å². The van der Waals surface area contributed by atoms with E-state index in [4.69, 9.17) is 10.5 Å². The fraction of sp³-hybridized carbons (Fsp3) is 0.222. The molecule has 3 nitrogen and oxygen atoms in total. The summed E-state index contributed by atoms with van der Waals surface area (Å²) in [5.41, 5.74) is 2.71. The summed E-state index contributed by atoms with van der Waals surface area (Å²) >= 11 is 1.69. The first-order valence-corrected chi connectivity index (χ1v) is 7.97. The van der Waals surface area contributed by atoms with Gasteiger partial charge in [0.25, 0.3) is 0 Å². The average molecular weight is 307 g/mol. The summed E-state index contributed by atoms with van der Waals surface area (Å²) in [6, 6.07) is 20.1. The van der Waals surface area contributed by atoms with Crippen molar-refractivity contribution in [1.29, 1.82) is 10.5 Å². The van der Waals surface area contributed by atoms with E-state index in [9.17, 15) is 0 Å². The molecule has 0 spiro atoms. The van der Waals surface area contributed by atoms with E-state index in [0.717, 1.165) is 16.1 Å². The number of hydrogen-bond donors (Lipinski definition) is 1. The van der Waals surface area contributed by atoms with Crippen LogP contribution >= 0.6 is 11.8 Å². The molecule has 2 aromatic carbocycles. The van der Waals surface area contributed by atoms with Crippen LogP contribution in [-0.4, -0.2) is 5.25 Å². The van der Waals surface area contributed by atoms with Gasteiger partial charge in [-0.3, -0.25) is 0 Å². The van der Waals surface area contributed by atoms with Crippen molar-refractivity contribution >= 4 is 17.4 Å². The van der Waals surface area contributed by atoms with Crippen molar-refractivity contribution in [2.75, 3.05) is 5.32 Å². The molecule has 110 valence electrons. The Bertz CT molecular complexity index is 713. The number of nitrogens with zero attached hydrogens (tertiary/aromatic N) is 2. The SMILES string of the molecule is C[C@H](CC#N)Sc1ccccc1NCc1ccccc1C#N.